The lowest BCUT2D eigenvalue weighted by Crippen LogP contribution is -2.36. The Balaban J connectivity index is 1.84. The van der Waals surface area contributed by atoms with Gasteiger partial charge in [0.15, 0.2) is 0 Å². The molecule has 0 radical (unpaired) electrons. The van der Waals surface area contributed by atoms with Gasteiger partial charge in [-0.05, 0) is 55.6 Å². The first-order valence-electron chi connectivity index (χ1n) is 9.06. The van der Waals surface area contributed by atoms with Gasteiger partial charge in [-0.25, -0.2) is 12.7 Å². The van der Waals surface area contributed by atoms with E-state index < -0.39 is 10.0 Å². The molecule has 0 bridgehead atoms. The Morgan fingerprint density at radius 3 is 1.67 bits per heavy atom. The third-order valence-electron chi connectivity index (χ3n) is 4.12. The van der Waals surface area contributed by atoms with Crippen LogP contribution in [0, 0.1) is 0 Å². The number of carbonyl (C=O) groups is 2. The van der Waals surface area contributed by atoms with E-state index in [0.29, 0.717) is 17.1 Å². The lowest BCUT2D eigenvalue weighted by Gasteiger charge is -2.16. The maximum Gasteiger partial charge on any atom is 0.242 e. The van der Waals surface area contributed by atoms with E-state index in [0.717, 1.165) is 4.31 Å². The van der Waals surface area contributed by atoms with Crippen LogP contribution in [0.3, 0.4) is 0 Å². The molecular formula is C20H26N4O5S. The fourth-order valence-electron chi connectivity index (χ4n) is 2.54. The van der Waals surface area contributed by atoms with Crippen LogP contribution in [0.15, 0.2) is 53.4 Å². The minimum Gasteiger partial charge on any atom is -0.497 e. The molecule has 2 rings (SSSR count). The summed E-state index contributed by atoms with van der Waals surface area (Å²) < 4.78 is 30.3. The summed E-state index contributed by atoms with van der Waals surface area (Å²) in [7, 11) is 2.59. The molecule has 2 aromatic rings. The molecule has 10 heteroatoms. The summed E-state index contributed by atoms with van der Waals surface area (Å²) in [6.45, 7) is 0.0211. The van der Waals surface area contributed by atoms with E-state index in [1.54, 1.807) is 43.3 Å². The second-order valence-corrected chi connectivity index (χ2v) is 8.96. The highest BCUT2D eigenvalue weighted by atomic mass is 32.2. The van der Waals surface area contributed by atoms with Gasteiger partial charge in [0.1, 0.15) is 5.75 Å². The molecule has 0 fully saturated rings. The van der Waals surface area contributed by atoms with Crippen molar-refractivity contribution in [1.29, 1.82) is 0 Å². The zero-order valence-corrected chi connectivity index (χ0v) is 18.2. The molecule has 0 aliphatic carbocycles. The van der Waals surface area contributed by atoms with Crippen LogP contribution in [-0.4, -0.2) is 70.8 Å². The molecule has 0 heterocycles. The summed E-state index contributed by atoms with van der Waals surface area (Å²) in [6.07, 6.45) is 0. The quantitative estimate of drug-likeness (QED) is 0.619. The van der Waals surface area contributed by atoms with Gasteiger partial charge in [0.05, 0.1) is 25.1 Å². The van der Waals surface area contributed by atoms with E-state index in [1.807, 2.05) is 0 Å². The highest BCUT2D eigenvalue weighted by molar-refractivity contribution is 7.89. The Labute approximate surface area is 176 Å². The van der Waals surface area contributed by atoms with Crippen LogP contribution in [0.1, 0.15) is 0 Å². The highest BCUT2D eigenvalue weighted by Gasteiger charge is 2.17. The number of anilines is 2. The Morgan fingerprint density at radius 1 is 0.833 bits per heavy atom. The average Bonchev–Trinajstić information content (AvgIpc) is 2.68. The summed E-state index contributed by atoms with van der Waals surface area (Å²) in [5.74, 6) is 0.112. The molecule has 30 heavy (non-hydrogen) atoms. The first kappa shape index (κ1) is 23.3. The normalized spacial score (nSPS) is 11.4. The van der Waals surface area contributed by atoms with E-state index in [9.17, 15) is 18.0 Å². The smallest absolute Gasteiger partial charge is 0.242 e. The Bertz CT molecular complexity index is 973. The Kier molecular flexibility index (Phi) is 7.93. The third-order valence-corrected chi connectivity index (χ3v) is 5.95. The number of carbonyl (C=O) groups excluding carboxylic acids is 2. The summed E-state index contributed by atoms with van der Waals surface area (Å²) in [5, 5.41) is 5.43. The van der Waals surface area contributed by atoms with E-state index >= 15 is 0 Å². The van der Waals surface area contributed by atoms with Crippen LogP contribution in [0.2, 0.25) is 0 Å². The Hall–Kier alpha value is -2.95. The van der Waals surface area contributed by atoms with Crippen LogP contribution in [0.4, 0.5) is 11.4 Å². The van der Waals surface area contributed by atoms with Crippen molar-refractivity contribution in [3.63, 3.8) is 0 Å². The number of amides is 2. The van der Waals surface area contributed by atoms with Crippen LogP contribution < -0.4 is 15.4 Å². The zero-order valence-electron chi connectivity index (χ0n) is 17.4. The molecule has 162 valence electrons. The number of rotatable bonds is 9. The first-order valence-corrected chi connectivity index (χ1v) is 10.5. The van der Waals surface area contributed by atoms with Crippen molar-refractivity contribution in [3.05, 3.63) is 48.5 Å². The molecule has 9 nitrogen and oxygen atoms in total. The Morgan fingerprint density at radius 2 is 1.27 bits per heavy atom. The minimum atomic E-state index is -3.52. The molecule has 2 aromatic carbocycles. The summed E-state index contributed by atoms with van der Waals surface area (Å²) in [5.41, 5.74) is 1.10. The fourth-order valence-corrected chi connectivity index (χ4v) is 3.44. The first-order chi connectivity index (χ1) is 14.1. The summed E-state index contributed by atoms with van der Waals surface area (Å²) >= 11 is 0. The number of benzene rings is 2. The molecule has 0 aliphatic heterocycles. The van der Waals surface area contributed by atoms with Crippen molar-refractivity contribution in [1.82, 2.24) is 9.21 Å². The lowest BCUT2D eigenvalue weighted by molar-refractivity contribution is -0.119. The van der Waals surface area contributed by atoms with Gasteiger partial charge < -0.3 is 15.4 Å². The van der Waals surface area contributed by atoms with Crippen molar-refractivity contribution in [3.8, 4) is 5.75 Å². The van der Waals surface area contributed by atoms with Gasteiger partial charge in [-0.3, -0.25) is 14.5 Å². The predicted molar refractivity (Wildman–Crippen MR) is 115 cm³/mol. The predicted octanol–water partition coefficient (Wildman–Crippen LogP) is 1.45. The topological polar surface area (TPSA) is 108 Å². The van der Waals surface area contributed by atoms with Crippen LogP contribution >= 0.6 is 0 Å². The van der Waals surface area contributed by atoms with E-state index in [-0.39, 0.29) is 29.8 Å². The molecule has 0 saturated carbocycles. The highest BCUT2D eigenvalue weighted by Crippen LogP contribution is 2.17. The van der Waals surface area contributed by atoms with Crippen molar-refractivity contribution in [2.75, 3.05) is 52.0 Å². The minimum absolute atomic E-state index is 0.00617. The van der Waals surface area contributed by atoms with E-state index in [2.05, 4.69) is 10.6 Å². The fraction of sp³-hybridized carbons (Fsp3) is 0.300. The molecule has 0 unspecified atom stereocenters. The van der Waals surface area contributed by atoms with Gasteiger partial charge in [-0.2, -0.15) is 0 Å². The summed E-state index contributed by atoms with van der Waals surface area (Å²) in [4.78, 5) is 26.0. The lowest BCUT2D eigenvalue weighted by atomic mass is 10.3. The number of methoxy groups -OCH3 is 1. The SMILES string of the molecule is COc1ccc(NC(=O)CN(C)CC(=O)Nc2ccc(S(=O)(=O)N(C)C)cc2)cc1. The van der Waals surface area contributed by atoms with Crippen molar-refractivity contribution >= 4 is 33.2 Å². The van der Waals surface area contributed by atoms with Gasteiger partial charge in [0, 0.05) is 25.5 Å². The largest absolute Gasteiger partial charge is 0.497 e. The van der Waals surface area contributed by atoms with Gasteiger partial charge in [0.25, 0.3) is 0 Å². The molecule has 0 spiro atoms. The van der Waals surface area contributed by atoms with Crippen molar-refractivity contribution in [2.45, 2.75) is 4.90 Å². The molecular weight excluding hydrogens is 408 g/mol. The van der Waals surface area contributed by atoms with Crippen LogP contribution in [0.5, 0.6) is 5.75 Å². The standard InChI is InChI=1S/C20H26N4O5S/c1-23(2)30(27,28)18-11-7-16(8-12-18)22-20(26)14-24(3)13-19(25)21-15-5-9-17(29-4)10-6-15/h5-12H,13-14H2,1-4H3,(H,21,25)(H,22,26). The molecule has 0 saturated heterocycles. The van der Waals surface area contributed by atoms with Crippen LogP contribution in [0.25, 0.3) is 0 Å². The number of ether oxygens (including phenoxy) is 1. The van der Waals surface area contributed by atoms with Gasteiger partial charge in [-0.15, -0.1) is 0 Å². The van der Waals surface area contributed by atoms with Gasteiger partial charge >= 0.3 is 0 Å². The van der Waals surface area contributed by atoms with Crippen molar-refractivity contribution in [2.24, 2.45) is 0 Å². The number of sulfonamides is 1. The maximum absolute atomic E-state index is 12.2. The van der Waals surface area contributed by atoms with Gasteiger partial charge in [-0.1, -0.05) is 0 Å². The van der Waals surface area contributed by atoms with Crippen LogP contribution in [-0.2, 0) is 19.6 Å². The number of likely N-dealkylation sites (N-methyl/N-ethyl adjacent to an activating group) is 1. The van der Waals surface area contributed by atoms with Crippen molar-refractivity contribution < 1.29 is 22.7 Å². The number of hydrogen-bond acceptors (Lipinski definition) is 6. The number of hydrogen-bond donors (Lipinski definition) is 2. The molecule has 2 N–H and O–H groups in total. The van der Waals surface area contributed by atoms with E-state index in [4.69, 9.17) is 4.74 Å². The molecule has 0 aromatic heterocycles. The monoisotopic (exact) mass is 434 g/mol. The second-order valence-electron chi connectivity index (χ2n) is 6.81. The number of nitrogens with one attached hydrogen (secondary N) is 2. The zero-order chi connectivity index (χ0) is 22.3. The summed E-state index contributed by atoms with van der Waals surface area (Å²) in [6, 6.07) is 12.8. The second kappa shape index (κ2) is 10.2. The molecule has 2 amide bonds. The third kappa shape index (κ3) is 6.55. The molecule has 0 atom stereocenters. The van der Waals surface area contributed by atoms with E-state index in [1.165, 1.54) is 38.4 Å². The molecule has 0 aliphatic rings. The average molecular weight is 435 g/mol. The maximum atomic E-state index is 12.2. The number of nitrogens with zero attached hydrogens (tertiary/aromatic N) is 2. The van der Waals surface area contributed by atoms with Gasteiger partial charge in [0.2, 0.25) is 21.8 Å².